The number of benzene rings is 1. The predicted octanol–water partition coefficient (Wildman–Crippen LogP) is 3.41. The van der Waals surface area contributed by atoms with E-state index in [2.05, 4.69) is 4.74 Å². The zero-order valence-corrected chi connectivity index (χ0v) is 9.55. The second-order valence-corrected chi connectivity index (χ2v) is 3.98. The zero-order valence-electron chi connectivity index (χ0n) is 9.55. The monoisotopic (exact) mass is 287 g/mol. The molecule has 19 heavy (non-hydrogen) atoms. The highest BCUT2D eigenvalue weighted by Gasteiger charge is 2.31. The first-order chi connectivity index (χ1) is 8.55. The van der Waals surface area contributed by atoms with Crippen LogP contribution >= 0.6 is 0 Å². The van der Waals surface area contributed by atoms with Gasteiger partial charge in [-0.2, -0.15) is 13.2 Å². The van der Waals surface area contributed by atoms with Crippen molar-refractivity contribution in [3.63, 3.8) is 0 Å². The second kappa shape index (κ2) is 5.68. The summed E-state index contributed by atoms with van der Waals surface area (Å²) >= 11 is 0. The molecule has 0 fully saturated rings. The van der Waals surface area contributed by atoms with Crippen molar-refractivity contribution in [2.75, 3.05) is 0 Å². The minimum absolute atomic E-state index is 0.0776. The van der Waals surface area contributed by atoms with Crippen molar-refractivity contribution in [2.45, 2.75) is 31.4 Å². The Kier molecular flexibility index (Phi) is 4.67. The molecule has 1 aromatic carbocycles. The molecule has 0 bridgehead atoms. The van der Waals surface area contributed by atoms with E-state index in [9.17, 15) is 26.3 Å². The minimum atomic E-state index is -4.80. The fourth-order valence-electron chi connectivity index (χ4n) is 1.50. The molecule has 0 aliphatic heterocycles. The maximum atomic E-state index is 12.0. The molecule has 0 radical (unpaired) electrons. The first-order valence-corrected chi connectivity index (χ1v) is 5.22. The van der Waals surface area contributed by atoms with Crippen LogP contribution in [0.3, 0.4) is 0 Å². The van der Waals surface area contributed by atoms with E-state index in [-0.39, 0.29) is 6.42 Å². The number of rotatable bonds is 4. The van der Waals surface area contributed by atoms with Crippen LogP contribution in [0, 0.1) is 0 Å². The Morgan fingerprint density at radius 2 is 1.53 bits per heavy atom. The lowest BCUT2D eigenvalue weighted by molar-refractivity contribution is -0.274. The van der Waals surface area contributed by atoms with Crippen molar-refractivity contribution in [3.8, 4) is 5.75 Å². The summed E-state index contributed by atoms with van der Waals surface area (Å²) in [6.07, 6.45) is -10.4. The van der Waals surface area contributed by atoms with Crippen LogP contribution in [0.25, 0.3) is 0 Å². The summed E-state index contributed by atoms with van der Waals surface area (Å²) < 4.78 is 75.3. The third-order valence-electron chi connectivity index (χ3n) is 2.15. The largest absolute Gasteiger partial charge is 0.573 e. The SMILES string of the molecule is NC(Cc1ccc(OC(F)(F)F)cc1)CC(F)(F)F. The normalized spacial score (nSPS) is 14.3. The Labute approximate surface area is 105 Å². The molecule has 108 valence electrons. The van der Waals surface area contributed by atoms with Gasteiger partial charge in [-0.3, -0.25) is 0 Å². The van der Waals surface area contributed by atoms with Gasteiger partial charge in [0.15, 0.2) is 0 Å². The average Bonchev–Trinajstić information content (AvgIpc) is 2.15. The Balaban J connectivity index is 2.57. The lowest BCUT2D eigenvalue weighted by Crippen LogP contribution is -2.29. The maximum Gasteiger partial charge on any atom is 0.573 e. The van der Waals surface area contributed by atoms with Crippen molar-refractivity contribution >= 4 is 0 Å². The Morgan fingerprint density at radius 3 is 1.95 bits per heavy atom. The highest BCUT2D eigenvalue weighted by Crippen LogP contribution is 2.24. The molecule has 0 aromatic heterocycles. The number of nitrogens with two attached hydrogens (primary N) is 1. The molecule has 1 unspecified atom stereocenters. The van der Waals surface area contributed by atoms with Gasteiger partial charge < -0.3 is 10.5 Å². The van der Waals surface area contributed by atoms with Crippen LogP contribution in [0.2, 0.25) is 0 Å². The Hall–Kier alpha value is -1.44. The van der Waals surface area contributed by atoms with Gasteiger partial charge in [0.25, 0.3) is 0 Å². The van der Waals surface area contributed by atoms with E-state index in [1.165, 1.54) is 12.1 Å². The maximum absolute atomic E-state index is 12.0. The van der Waals surface area contributed by atoms with Crippen molar-refractivity contribution in [2.24, 2.45) is 5.73 Å². The number of ether oxygens (including phenoxy) is 1. The van der Waals surface area contributed by atoms with Gasteiger partial charge in [0.05, 0.1) is 6.42 Å². The topological polar surface area (TPSA) is 35.2 Å². The van der Waals surface area contributed by atoms with E-state index < -0.39 is 30.8 Å². The molecule has 0 aliphatic carbocycles. The Bertz CT molecular complexity index is 397. The molecule has 0 heterocycles. The van der Waals surface area contributed by atoms with Crippen LogP contribution in [0.1, 0.15) is 12.0 Å². The average molecular weight is 287 g/mol. The molecule has 2 nitrogen and oxygen atoms in total. The quantitative estimate of drug-likeness (QED) is 0.861. The van der Waals surface area contributed by atoms with Crippen molar-refractivity contribution in [1.82, 2.24) is 0 Å². The van der Waals surface area contributed by atoms with Crippen LogP contribution in [-0.2, 0) is 6.42 Å². The van der Waals surface area contributed by atoms with E-state index in [1.807, 2.05) is 0 Å². The van der Waals surface area contributed by atoms with E-state index in [4.69, 9.17) is 5.73 Å². The smallest absolute Gasteiger partial charge is 0.406 e. The van der Waals surface area contributed by atoms with Gasteiger partial charge in [-0.15, -0.1) is 13.2 Å². The van der Waals surface area contributed by atoms with Crippen molar-refractivity contribution < 1.29 is 31.1 Å². The third-order valence-corrected chi connectivity index (χ3v) is 2.15. The van der Waals surface area contributed by atoms with Crippen LogP contribution in [0.4, 0.5) is 26.3 Å². The molecule has 0 amide bonds. The molecular formula is C11H11F6NO. The lowest BCUT2D eigenvalue weighted by atomic mass is 10.0. The van der Waals surface area contributed by atoms with Crippen LogP contribution in [0.15, 0.2) is 24.3 Å². The minimum Gasteiger partial charge on any atom is -0.406 e. The Morgan fingerprint density at radius 1 is 1.00 bits per heavy atom. The summed E-state index contributed by atoms with van der Waals surface area (Å²) in [6, 6.07) is 3.43. The van der Waals surface area contributed by atoms with Crippen LogP contribution in [0.5, 0.6) is 5.75 Å². The van der Waals surface area contributed by atoms with Crippen molar-refractivity contribution in [3.05, 3.63) is 29.8 Å². The summed E-state index contributed by atoms with van der Waals surface area (Å²) in [5, 5.41) is 0. The van der Waals surface area contributed by atoms with E-state index in [0.29, 0.717) is 5.56 Å². The van der Waals surface area contributed by atoms with Crippen molar-refractivity contribution in [1.29, 1.82) is 0 Å². The molecule has 8 heteroatoms. The molecule has 0 saturated heterocycles. The summed E-state index contributed by atoms with van der Waals surface area (Å²) in [5.41, 5.74) is 5.71. The number of hydrogen-bond donors (Lipinski definition) is 1. The van der Waals surface area contributed by atoms with Crippen LogP contribution < -0.4 is 10.5 Å². The number of hydrogen-bond acceptors (Lipinski definition) is 2. The third kappa shape index (κ3) is 6.90. The van der Waals surface area contributed by atoms with Gasteiger partial charge >= 0.3 is 12.5 Å². The molecule has 1 rings (SSSR count). The fourth-order valence-corrected chi connectivity index (χ4v) is 1.50. The first kappa shape index (κ1) is 15.6. The molecule has 1 aromatic rings. The first-order valence-electron chi connectivity index (χ1n) is 5.22. The van der Waals surface area contributed by atoms with Gasteiger partial charge in [0, 0.05) is 6.04 Å². The highest BCUT2D eigenvalue weighted by atomic mass is 19.4. The van der Waals surface area contributed by atoms with E-state index >= 15 is 0 Å². The van der Waals surface area contributed by atoms with Gasteiger partial charge in [-0.05, 0) is 24.1 Å². The molecule has 2 N–H and O–H groups in total. The summed E-state index contributed by atoms with van der Waals surface area (Å²) in [5.74, 6) is -0.430. The van der Waals surface area contributed by atoms with Gasteiger partial charge in [-0.25, -0.2) is 0 Å². The van der Waals surface area contributed by atoms with Gasteiger partial charge in [-0.1, -0.05) is 12.1 Å². The summed E-state index contributed by atoms with van der Waals surface area (Å²) in [6.45, 7) is 0. The highest BCUT2D eigenvalue weighted by molar-refractivity contribution is 5.27. The van der Waals surface area contributed by atoms with Gasteiger partial charge in [0.2, 0.25) is 0 Å². The fraction of sp³-hybridized carbons (Fsp3) is 0.455. The number of alkyl halides is 6. The van der Waals surface area contributed by atoms with Gasteiger partial charge in [0.1, 0.15) is 5.75 Å². The summed E-state index contributed by atoms with van der Waals surface area (Å²) in [4.78, 5) is 0. The van der Waals surface area contributed by atoms with E-state index in [1.54, 1.807) is 0 Å². The van der Waals surface area contributed by atoms with E-state index in [0.717, 1.165) is 12.1 Å². The molecule has 1 atom stereocenters. The zero-order chi connectivity index (χ0) is 14.7. The molecular weight excluding hydrogens is 276 g/mol. The molecule has 0 spiro atoms. The lowest BCUT2D eigenvalue weighted by Gasteiger charge is -2.14. The van der Waals surface area contributed by atoms with Crippen LogP contribution in [-0.4, -0.2) is 18.6 Å². The molecule has 0 saturated carbocycles. The summed E-state index contributed by atoms with van der Waals surface area (Å²) in [7, 11) is 0. The predicted molar refractivity (Wildman–Crippen MR) is 55.5 cm³/mol. The molecule has 0 aliphatic rings. The number of halogens is 6. The second-order valence-electron chi connectivity index (χ2n) is 3.98. The standard InChI is InChI=1S/C11H11F6NO/c12-10(13,14)6-8(18)5-7-1-3-9(4-2-7)19-11(15,16)17/h1-4,8H,5-6,18H2.